The van der Waals surface area contributed by atoms with E-state index in [9.17, 15) is 4.79 Å². The standard InChI is InChI=1S/C15H27N3O/c1-15(2,3)16-12-13-8-6-10-18(13)11-7-9-14(19)17(4)5/h6,8,10,16H,7,9,11-12H2,1-5H3. The molecule has 0 fully saturated rings. The number of aromatic nitrogens is 1. The number of hydrogen-bond acceptors (Lipinski definition) is 2. The zero-order valence-corrected chi connectivity index (χ0v) is 12.9. The van der Waals surface area contributed by atoms with Crippen molar-refractivity contribution in [2.24, 2.45) is 0 Å². The summed E-state index contributed by atoms with van der Waals surface area (Å²) in [5, 5.41) is 3.49. The van der Waals surface area contributed by atoms with Gasteiger partial charge in [-0.3, -0.25) is 4.79 Å². The van der Waals surface area contributed by atoms with E-state index in [0.717, 1.165) is 19.5 Å². The highest BCUT2D eigenvalue weighted by atomic mass is 16.2. The number of carbonyl (C=O) groups excluding carboxylic acids is 1. The van der Waals surface area contributed by atoms with E-state index >= 15 is 0 Å². The number of carbonyl (C=O) groups is 1. The summed E-state index contributed by atoms with van der Waals surface area (Å²) in [6.07, 6.45) is 3.57. The Bertz CT molecular complexity index is 402. The fourth-order valence-electron chi connectivity index (χ4n) is 1.81. The molecule has 0 aromatic carbocycles. The van der Waals surface area contributed by atoms with Crippen LogP contribution in [0.25, 0.3) is 0 Å². The van der Waals surface area contributed by atoms with Crippen LogP contribution in [0.1, 0.15) is 39.3 Å². The lowest BCUT2D eigenvalue weighted by Gasteiger charge is -2.21. The highest BCUT2D eigenvalue weighted by Crippen LogP contribution is 2.08. The molecule has 1 amide bonds. The fraction of sp³-hybridized carbons (Fsp3) is 0.667. The van der Waals surface area contributed by atoms with E-state index in [1.807, 2.05) is 0 Å². The molecule has 0 saturated heterocycles. The first-order valence-corrected chi connectivity index (χ1v) is 6.89. The molecule has 0 radical (unpaired) electrons. The Morgan fingerprint density at radius 1 is 1.37 bits per heavy atom. The van der Waals surface area contributed by atoms with Crippen LogP contribution in [0.5, 0.6) is 0 Å². The number of amides is 1. The number of nitrogens with zero attached hydrogens (tertiary/aromatic N) is 2. The van der Waals surface area contributed by atoms with E-state index < -0.39 is 0 Å². The van der Waals surface area contributed by atoms with Crippen LogP contribution in [-0.4, -0.2) is 35.0 Å². The Labute approximate surface area is 116 Å². The maximum absolute atomic E-state index is 11.5. The molecule has 0 bridgehead atoms. The van der Waals surface area contributed by atoms with E-state index in [0.29, 0.717) is 6.42 Å². The van der Waals surface area contributed by atoms with Crippen LogP contribution in [0.15, 0.2) is 18.3 Å². The molecule has 1 rings (SSSR count). The van der Waals surface area contributed by atoms with E-state index in [-0.39, 0.29) is 11.4 Å². The van der Waals surface area contributed by atoms with Crippen LogP contribution in [0.4, 0.5) is 0 Å². The fourth-order valence-corrected chi connectivity index (χ4v) is 1.81. The number of nitrogens with one attached hydrogen (secondary N) is 1. The zero-order valence-electron chi connectivity index (χ0n) is 12.9. The predicted octanol–water partition coefficient (Wildman–Crippen LogP) is 2.24. The van der Waals surface area contributed by atoms with Gasteiger partial charge in [0.1, 0.15) is 0 Å². The summed E-state index contributed by atoms with van der Waals surface area (Å²) in [4.78, 5) is 13.2. The van der Waals surface area contributed by atoms with Crippen LogP contribution in [0.3, 0.4) is 0 Å². The van der Waals surface area contributed by atoms with Crippen LogP contribution < -0.4 is 5.32 Å². The minimum absolute atomic E-state index is 0.121. The highest BCUT2D eigenvalue weighted by molar-refractivity contribution is 5.75. The third-order valence-corrected chi connectivity index (χ3v) is 3.01. The number of hydrogen-bond donors (Lipinski definition) is 1. The van der Waals surface area contributed by atoms with Gasteiger partial charge in [-0.2, -0.15) is 0 Å². The van der Waals surface area contributed by atoms with Gasteiger partial charge in [0.05, 0.1) is 0 Å². The molecule has 1 aromatic rings. The smallest absolute Gasteiger partial charge is 0.222 e. The molecule has 4 nitrogen and oxygen atoms in total. The summed E-state index contributed by atoms with van der Waals surface area (Å²) < 4.78 is 2.22. The lowest BCUT2D eigenvalue weighted by molar-refractivity contribution is -0.128. The van der Waals surface area contributed by atoms with E-state index in [1.54, 1.807) is 19.0 Å². The Kier molecular flexibility index (Phi) is 5.60. The summed E-state index contributed by atoms with van der Waals surface area (Å²) in [6.45, 7) is 8.24. The number of aryl methyl sites for hydroxylation is 1. The average molecular weight is 265 g/mol. The summed E-state index contributed by atoms with van der Waals surface area (Å²) in [5.41, 5.74) is 1.39. The van der Waals surface area contributed by atoms with Gasteiger partial charge >= 0.3 is 0 Å². The monoisotopic (exact) mass is 265 g/mol. The number of rotatable bonds is 6. The molecule has 0 aliphatic heterocycles. The third-order valence-electron chi connectivity index (χ3n) is 3.01. The van der Waals surface area contributed by atoms with Gasteiger partial charge < -0.3 is 14.8 Å². The molecule has 108 valence electrons. The maximum Gasteiger partial charge on any atom is 0.222 e. The normalized spacial score (nSPS) is 11.6. The topological polar surface area (TPSA) is 37.3 Å². The van der Waals surface area contributed by atoms with E-state index in [1.165, 1.54) is 5.69 Å². The van der Waals surface area contributed by atoms with Crippen molar-refractivity contribution in [3.63, 3.8) is 0 Å². The van der Waals surface area contributed by atoms with E-state index in [2.05, 4.69) is 49.0 Å². The molecule has 0 unspecified atom stereocenters. The summed E-state index contributed by atoms with van der Waals surface area (Å²) in [5.74, 6) is 0.196. The minimum Gasteiger partial charge on any atom is -0.350 e. The first-order valence-electron chi connectivity index (χ1n) is 6.89. The molecular formula is C15H27N3O. The molecule has 0 atom stereocenters. The lowest BCUT2D eigenvalue weighted by atomic mass is 10.1. The van der Waals surface area contributed by atoms with Crippen molar-refractivity contribution in [3.05, 3.63) is 24.0 Å². The van der Waals surface area contributed by atoms with Gasteiger partial charge in [0.25, 0.3) is 0 Å². The highest BCUT2D eigenvalue weighted by Gasteiger charge is 2.10. The molecule has 0 aliphatic carbocycles. The SMILES string of the molecule is CN(C)C(=O)CCCn1cccc1CNC(C)(C)C. The van der Waals surface area contributed by atoms with Crippen molar-refractivity contribution < 1.29 is 4.79 Å². The van der Waals surface area contributed by atoms with Crippen molar-refractivity contribution in [3.8, 4) is 0 Å². The Morgan fingerprint density at radius 3 is 2.63 bits per heavy atom. The second kappa shape index (κ2) is 6.75. The molecule has 4 heteroatoms. The van der Waals surface area contributed by atoms with Gasteiger partial charge in [-0.05, 0) is 39.3 Å². The van der Waals surface area contributed by atoms with Gasteiger partial charge in [0, 0.05) is 51.0 Å². The second-order valence-electron chi connectivity index (χ2n) is 6.19. The first-order chi connectivity index (χ1) is 8.79. The molecule has 0 spiro atoms. The third kappa shape index (κ3) is 5.92. The zero-order chi connectivity index (χ0) is 14.5. The Balaban J connectivity index is 2.43. The quantitative estimate of drug-likeness (QED) is 0.856. The van der Waals surface area contributed by atoms with Crippen LogP contribution in [-0.2, 0) is 17.9 Å². The van der Waals surface area contributed by atoms with Crippen LogP contribution in [0, 0.1) is 0 Å². The molecule has 1 N–H and O–H groups in total. The summed E-state index contributed by atoms with van der Waals surface area (Å²) >= 11 is 0. The van der Waals surface area contributed by atoms with Gasteiger partial charge in [0.2, 0.25) is 5.91 Å². The molecule has 19 heavy (non-hydrogen) atoms. The van der Waals surface area contributed by atoms with Crippen LogP contribution in [0.2, 0.25) is 0 Å². The van der Waals surface area contributed by atoms with E-state index in [4.69, 9.17) is 0 Å². The summed E-state index contributed by atoms with van der Waals surface area (Å²) in [6, 6.07) is 4.19. The Morgan fingerprint density at radius 2 is 2.05 bits per heavy atom. The van der Waals surface area contributed by atoms with Crippen molar-refractivity contribution in [2.75, 3.05) is 14.1 Å². The van der Waals surface area contributed by atoms with Gasteiger partial charge in [-0.15, -0.1) is 0 Å². The van der Waals surface area contributed by atoms with Crippen molar-refractivity contribution in [1.82, 2.24) is 14.8 Å². The van der Waals surface area contributed by atoms with Crippen LogP contribution >= 0.6 is 0 Å². The molecule has 0 saturated carbocycles. The first kappa shape index (κ1) is 15.8. The van der Waals surface area contributed by atoms with Crippen molar-refractivity contribution in [2.45, 2.75) is 52.2 Å². The van der Waals surface area contributed by atoms with Crippen molar-refractivity contribution in [1.29, 1.82) is 0 Å². The molecule has 0 aliphatic rings. The van der Waals surface area contributed by atoms with Gasteiger partial charge in [0.15, 0.2) is 0 Å². The molecule has 1 heterocycles. The average Bonchev–Trinajstić information content (AvgIpc) is 2.72. The lowest BCUT2D eigenvalue weighted by Crippen LogP contribution is -2.35. The predicted molar refractivity (Wildman–Crippen MR) is 79.0 cm³/mol. The molecule has 1 aromatic heterocycles. The van der Waals surface area contributed by atoms with Gasteiger partial charge in [-0.1, -0.05) is 0 Å². The Hall–Kier alpha value is -1.29. The van der Waals surface area contributed by atoms with Crippen molar-refractivity contribution >= 4 is 5.91 Å². The van der Waals surface area contributed by atoms with Gasteiger partial charge in [-0.25, -0.2) is 0 Å². The minimum atomic E-state index is 0.121. The molecular weight excluding hydrogens is 238 g/mol. The largest absolute Gasteiger partial charge is 0.350 e. The second-order valence-corrected chi connectivity index (χ2v) is 6.19. The maximum atomic E-state index is 11.5. The summed E-state index contributed by atoms with van der Waals surface area (Å²) in [7, 11) is 3.60.